The van der Waals surface area contributed by atoms with Gasteiger partial charge in [0.15, 0.2) is 0 Å². The van der Waals surface area contributed by atoms with Gasteiger partial charge >= 0.3 is 0 Å². The first-order valence-electron chi connectivity index (χ1n) is 8.84. The Hall–Kier alpha value is -3.18. The van der Waals surface area contributed by atoms with E-state index in [9.17, 15) is 13.2 Å². The molecule has 0 bridgehead atoms. The van der Waals surface area contributed by atoms with Crippen molar-refractivity contribution in [2.24, 2.45) is 0 Å². The molecule has 5 heteroatoms. The standard InChI is InChI=1S/C23H21NO3S/c1-18-13-14-19(2)22(17-18)24(28(26,27)21-11-7-4-8-12-21)23(25)16-15-20-9-5-3-6-10-20/h3-17H,1-2H3/b16-15+. The summed E-state index contributed by atoms with van der Waals surface area (Å²) in [7, 11) is -4.06. The van der Waals surface area contributed by atoms with E-state index in [0.717, 1.165) is 15.4 Å². The molecule has 0 saturated heterocycles. The van der Waals surface area contributed by atoms with Crippen molar-refractivity contribution in [2.75, 3.05) is 4.31 Å². The van der Waals surface area contributed by atoms with Crippen LogP contribution in [0, 0.1) is 13.8 Å². The van der Waals surface area contributed by atoms with E-state index >= 15 is 0 Å². The number of nitrogens with zero attached hydrogens (tertiary/aromatic N) is 1. The number of hydrogen-bond donors (Lipinski definition) is 0. The average molecular weight is 391 g/mol. The van der Waals surface area contributed by atoms with Crippen molar-refractivity contribution >= 4 is 27.7 Å². The molecule has 3 rings (SSSR count). The van der Waals surface area contributed by atoms with Crippen LogP contribution in [0.25, 0.3) is 6.08 Å². The van der Waals surface area contributed by atoms with Gasteiger partial charge in [-0.25, -0.2) is 8.42 Å². The van der Waals surface area contributed by atoms with Crippen molar-refractivity contribution in [3.05, 3.63) is 102 Å². The SMILES string of the molecule is Cc1ccc(C)c(N(C(=O)/C=C/c2ccccc2)S(=O)(=O)c2ccccc2)c1. The highest BCUT2D eigenvalue weighted by Gasteiger charge is 2.30. The smallest absolute Gasteiger partial charge is 0.268 e. The lowest BCUT2D eigenvalue weighted by Crippen LogP contribution is -2.36. The number of sulfonamides is 1. The number of carbonyl (C=O) groups is 1. The van der Waals surface area contributed by atoms with E-state index in [1.807, 2.05) is 49.4 Å². The number of amides is 1. The van der Waals surface area contributed by atoms with E-state index in [4.69, 9.17) is 0 Å². The van der Waals surface area contributed by atoms with Crippen LogP contribution < -0.4 is 4.31 Å². The zero-order valence-electron chi connectivity index (χ0n) is 15.7. The molecule has 28 heavy (non-hydrogen) atoms. The van der Waals surface area contributed by atoms with Crippen LogP contribution in [0.1, 0.15) is 16.7 Å². The summed E-state index contributed by atoms with van der Waals surface area (Å²) < 4.78 is 27.5. The second-order valence-corrected chi connectivity index (χ2v) is 8.24. The number of carbonyl (C=O) groups excluding carboxylic acids is 1. The van der Waals surface area contributed by atoms with Gasteiger partial charge in [0, 0.05) is 6.08 Å². The van der Waals surface area contributed by atoms with Crippen LogP contribution in [-0.4, -0.2) is 14.3 Å². The maximum atomic E-state index is 13.3. The van der Waals surface area contributed by atoms with Crippen molar-refractivity contribution in [3.63, 3.8) is 0 Å². The predicted molar refractivity (Wildman–Crippen MR) is 113 cm³/mol. The fraction of sp³-hybridized carbons (Fsp3) is 0.0870. The lowest BCUT2D eigenvalue weighted by molar-refractivity contribution is -0.113. The topological polar surface area (TPSA) is 54.5 Å². The van der Waals surface area contributed by atoms with E-state index in [0.29, 0.717) is 11.3 Å². The molecule has 0 aliphatic rings. The third-order valence-electron chi connectivity index (χ3n) is 4.28. The summed E-state index contributed by atoms with van der Waals surface area (Å²) in [6, 6.07) is 22.7. The van der Waals surface area contributed by atoms with Gasteiger partial charge in [-0.1, -0.05) is 60.7 Å². The van der Waals surface area contributed by atoms with Crippen LogP contribution in [-0.2, 0) is 14.8 Å². The summed E-state index contributed by atoms with van der Waals surface area (Å²) in [4.78, 5) is 13.1. The molecule has 0 heterocycles. The monoisotopic (exact) mass is 391 g/mol. The zero-order valence-corrected chi connectivity index (χ0v) is 16.6. The Morgan fingerprint density at radius 3 is 2.11 bits per heavy atom. The number of aryl methyl sites for hydroxylation is 2. The fourth-order valence-electron chi connectivity index (χ4n) is 2.80. The Kier molecular flexibility index (Phi) is 5.76. The van der Waals surface area contributed by atoms with Gasteiger partial charge in [-0.05, 0) is 54.8 Å². The summed E-state index contributed by atoms with van der Waals surface area (Å²) >= 11 is 0. The number of hydrogen-bond acceptors (Lipinski definition) is 3. The van der Waals surface area contributed by atoms with Gasteiger partial charge in [0.1, 0.15) is 0 Å². The van der Waals surface area contributed by atoms with E-state index < -0.39 is 15.9 Å². The lowest BCUT2D eigenvalue weighted by Gasteiger charge is -2.23. The molecular weight excluding hydrogens is 370 g/mol. The minimum atomic E-state index is -4.06. The molecule has 1 amide bonds. The molecule has 3 aromatic rings. The van der Waals surface area contributed by atoms with E-state index in [2.05, 4.69) is 0 Å². The Bertz CT molecular complexity index is 1110. The third-order valence-corrected chi connectivity index (χ3v) is 6.01. The van der Waals surface area contributed by atoms with Gasteiger partial charge in [0.2, 0.25) is 0 Å². The van der Waals surface area contributed by atoms with Gasteiger partial charge < -0.3 is 0 Å². The Morgan fingerprint density at radius 1 is 0.857 bits per heavy atom. The molecule has 0 aliphatic heterocycles. The van der Waals surface area contributed by atoms with Gasteiger partial charge in [0.25, 0.3) is 15.9 Å². The largest absolute Gasteiger partial charge is 0.271 e. The Morgan fingerprint density at radius 2 is 1.46 bits per heavy atom. The van der Waals surface area contributed by atoms with E-state index in [-0.39, 0.29) is 4.90 Å². The molecule has 0 saturated carbocycles. The summed E-state index contributed by atoms with van der Waals surface area (Å²) in [6.45, 7) is 3.65. The summed E-state index contributed by atoms with van der Waals surface area (Å²) in [5.41, 5.74) is 2.74. The lowest BCUT2D eigenvalue weighted by atomic mass is 10.1. The highest BCUT2D eigenvalue weighted by atomic mass is 32.2. The van der Waals surface area contributed by atoms with Crippen molar-refractivity contribution in [2.45, 2.75) is 18.7 Å². The number of benzene rings is 3. The molecule has 0 atom stereocenters. The highest BCUT2D eigenvalue weighted by Crippen LogP contribution is 2.28. The van der Waals surface area contributed by atoms with Crippen LogP contribution >= 0.6 is 0 Å². The van der Waals surface area contributed by atoms with Crippen LogP contribution in [0.4, 0.5) is 5.69 Å². The molecule has 0 aromatic heterocycles. The predicted octanol–water partition coefficient (Wildman–Crippen LogP) is 4.74. The minimum absolute atomic E-state index is 0.0670. The van der Waals surface area contributed by atoms with Crippen LogP contribution in [0.3, 0.4) is 0 Å². The van der Waals surface area contributed by atoms with Crippen LogP contribution in [0.2, 0.25) is 0 Å². The molecule has 0 fully saturated rings. The van der Waals surface area contributed by atoms with Crippen molar-refractivity contribution in [3.8, 4) is 0 Å². The van der Waals surface area contributed by atoms with Crippen molar-refractivity contribution in [1.82, 2.24) is 0 Å². The van der Waals surface area contributed by atoms with E-state index in [1.165, 1.54) is 18.2 Å². The minimum Gasteiger partial charge on any atom is -0.268 e. The normalized spacial score (nSPS) is 11.5. The summed E-state index contributed by atoms with van der Waals surface area (Å²) in [6.07, 6.45) is 2.90. The Labute approximate surface area is 165 Å². The van der Waals surface area contributed by atoms with Crippen LogP contribution in [0.5, 0.6) is 0 Å². The maximum absolute atomic E-state index is 13.3. The molecule has 0 unspecified atom stereocenters. The van der Waals surface area contributed by atoms with Gasteiger partial charge in [-0.3, -0.25) is 4.79 Å². The number of rotatable bonds is 5. The highest BCUT2D eigenvalue weighted by molar-refractivity contribution is 7.93. The maximum Gasteiger partial charge on any atom is 0.271 e. The number of anilines is 1. The molecule has 0 spiro atoms. The average Bonchev–Trinajstić information content (AvgIpc) is 2.70. The molecule has 0 N–H and O–H groups in total. The van der Waals surface area contributed by atoms with Gasteiger partial charge in [-0.2, -0.15) is 4.31 Å². The molecule has 3 aromatic carbocycles. The first-order chi connectivity index (χ1) is 13.4. The van der Waals surface area contributed by atoms with Gasteiger partial charge in [-0.15, -0.1) is 0 Å². The molecular formula is C23H21NO3S. The molecule has 4 nitrogen and oxygen atoms in total. The fourth-order valence-corrected chi connectivity index (χ4v) is 4.27. The second kappa shape index (κ2) is 8.23. The van der Waals surface area contributed by atoms with Crippen LogP contribution in [0.15, 0.2) is 89.8 Å². The molecule has 0 aliphatic carbocycles. The summed E-state index contributed by atoms with van der Waals surface area (Å²) in [5.74, 6) is -0.624. The molecule has 0 radical (unpaired) electrons. The van der Waals surface area contributed by atoms with E-state index in [1.54, 1.807) is 37.3 Å². The third kappa shape index (κ3) is 4.21. The zero-order chi connectivity index (χ0) is 20.1. The van der Waals surface area contributed by atoms with Crippen molar-refractivity contribution in [1.29, 1.82) is 0 Å². The first kappa shape index (κ1) is 19.6. The quantitative estimate of drug-likeness (QED) is 0.591. The summed E-state index contributed by atoms with van der Waals surface area (Å²) in [5, 5.41) is 0. The van der Waals surface area contributed by atoms with Crippen molar-refractivity contribution < 1.29 is 13.2 Å². The Balaban J connectivity index is 2.11. The van der Waals surface area contributed by atoms with Gasteiger partial charge in [0.05, 0.1) is 10.6 Å². The second-order valence-electron chi connectivity index (χ2n) is 6.45. The first-order valence-corrected chi connectivity index (χ1v) is 10.3. The molecule has 142 valence electrons.